The second-order valence-electron chi connectivity index (χ2n) is 3.13. The van der Waals surface area contributed by atoms with E-state index in [0.29, 0.717) is 0 Å². The van der Waals surface area contributed by atoms with E-state index in [-0.39, 0.29) is 19.3 Å². The summed E-state index contributed by atoms with van der Waals surface area (Å²) in [4.78, 5) is 22.0. The predicted octanol–water partition coefficient (Wildman–Crippen LogP) is -1.74. The van der Waals surface area contributed by atoms with Crippen molar-refractivity contribution in [3.63, 3.8) is 0 Å². The van der Waals surface area contributed by atoms with Crippen LogP contribution in [0.5, 0.6) is 0 Å². The molecule has 1 fully saturated rings. The topological polar surface area (TPSA) is 113 Å². The van der Waals surface area contributed by atoms with Crippen LogP contribution in [0.4, 0.5) is 0 Å². The highest BCUT2D eigenvalue weighted by Gasteiger charge is 2.45. The Morgan fingerprint density at radius 2 is 1.73 bits per heavy atom. The second kappa shape index (κ2) is 4.56. The Bertz CT molecular complexity index is 244. The van der Waals surface area contributed by atoms with Crippen molar-refractivity contribution in [2.75, 3.05) is 6.61 Å². The van der Waals surface area contributed by atoms with Gasteiger partial charge in [-0.2, -0.15) is 0 Å². The summed E-state index contributed by atoms with van der Waals surface area (Å²) in [5.74, 6) is -4.40. The van der Waals surface area contributed by atoms with Gasteiger partial charge in [0.2, 0.25) is 0 Å². The summed E-state index contributed by atoms with van der Waals surface area (Å²) in [5.41, 5.74) is 0. The van der Waals surface area contributed by atoms with Crippen LogP contribution in [0, 0.1) is 0 Å². The average molecular weight is 220 g/mol. The summed E-state index contributed by atoms with van der Waals surface area (Å²) >= 11 is 0. The highest BCUT2D eigenvalue weighted by molar-refractivity contribution is 5.74. The Morgan fingerprint density at radius 3 is 2.13 bits per heavy atom. The quantitative estimate of drug-likeness (QED) is 0.473. The van der Waals surface area contributed by atoms with Gasteiger partial charge in [-0.05, 0) is 6.42 Å². The van der Waals surface area contributed by atoms with E-state index in [9.17, 15) is 14.7 Å². The van der Waals surface area contributed by atoms with Crippen molar-refractivity contribution in [2.24, 2.45) is 0 Å². The van der Waals surface area contributed by atoms with E-state index in [1.165, 1.54) is 0 Å². The molecule has 0 radical (unpaired) electrons. The minimum Gasteiger partial charge on any atom is -0.396 e. The first-order valence-electron chi connectivity index (χ1n) is 4.43. The van der Waals surface area contributed by atoms with E-state index in [1.54, 1.807) is 0 Å². The maximum atomic E-state index is 11.0. The fourth-order valence-electron chi connectivity index (χ4n) is 1.08. The molecule has 1 aliphatic heterocycles. The number of aliphatic hydroxyl groups is 3. The van der Waals surface area contributed by atoms with Gasteiger partial charge in [-0.1, -0.05) is 0 Å². The molecule has 1 aliphatic rings. The van der Waals surface area contributed by atoms with Crippen LogP contribution in [0.1, 0.15) is 19.3 Å². The molecule has 7 nitrogen and oxygen atoms in total. The first-order valence-corrected chi connectivity index (χ1v) is 4.43. The van der Waals surface area contributed by atoms with Gasteiger partial charge in [0.1, 0.15) is 0 Å². The third-order valence-electron chi connectivity index (χ3n) is 1.88. The standard InChI is InChI=1S/C8H12O7/c9-4-5(10)8(13)14-6(11)2-1-3-7(12)15-8/h5,9-10,13H,1-4H2. The van der Waals surface area contributed by atoms with E-state index in [4.69, 9.17) is 10.2 Å². The largest absolute Gasteiger partial charge is 0.403 e. The monoisotopic (exact) mass is 220 g/mol. The summed E-state index contributed by atoms with van der Waals surface area (Å²) in [7, 11) is 0. The maximum Gasteiger partial charge on any atom is 0.403 e. The average Bonchev–Trinajstić information content (AvgIpc) is 2.13. The molecule has 7 heteroatoms. The molecule has 15 heavy (non-hydrogen) atoms. The molecule has 0 aromatic heterocycles. The molecule has 0 aromatic carbocycles. The number of carbonyl (C=O) groups excluding carboxylic acids is 2. The molecular formula is C8H12O7. The summed E-state index contributed by atoms with van der Waals surface area (Å²) in [6.07, 6.45) is -1.75. The Labute approximate surface area is 85.2 Å². The van der Waals surface area contributed by atoms with Crippen molar-refractivity contribution in [1.82, 2.24) is 0 Å². The normalized spacial score (nSPS) is 23.4. The number of hydrogen-bond donors (Lipinski definition) is 3. The van der Waals surface area contributed by atoms with Gasteiger partial charge in [0.05, 0.1) is 6.61 Å². The maximum absolute atomic E-state index is 11.0. The third kappa shape index (κ3) is 2.88. The van der Waals surface area contributed by atoms with Gasteiger partial charge in [0, 0.05) is 12.8 Å². The molecular weight excluding hydrogens is 208 g/mol. The second-order valence-corrected chi connectivity index (χ2v) is 3.13. The van der Waals surface area contributed by atoms with Gasteiger partial charge in [-0.25, -0.2) is 0 Å². The number of hydrogen-bond acceptors (Lipinski definition) is 7. The number of ether oxygens (including phenoxy) is 2. The molecule has 1 saturated heterocycles. The lowest BCUT2D eigenvalue weighted by Gasteiger charge is -2.31. The Balaban J connectivity index is 2.81. The van der Waals surface area contributed by atoms with E-state index in [0.717, 1.165) is 0 Å². The Kier molecular flexibility index (Phi) is 3.61. The summed E-state index contributed by atoms with van der Waals surface area (Å²) < 4.78 is 8.73. The van der Waals surface area contributed by atoms with Crippen molar-refractivity contribution < 1.29 is 34.4 Å². The van der Waals surface area contributed by atoms with Crippen LogP contribution < -0.4 is 0 Å². The van der Waals surface area contributed by atoms with Crippen LogP contribution in [0.15, 0.2) is 0 Å². The van der Waals surface area contributed by atoms with E-state index in [2.05, 4.69) is 9.47 Å². The van der Waals surface area contributed by atoms with Gasteiger partial charge in [0.25, 0.3) is 0 Å². The van der Waals surface area contributed by atoms with Gasteiger partial charge in [-0.3, -0.25) is 9.59 Å². The van der Waals surface area contributed by atoms with Crippen molar-refractivity contribution >= 4 is 11.9 Å². The lowest BCUT2D eigenvalue weighted by atomic mass is 10.2. The number of aliphatic hydroxyl groups excluding tert-OH is 2. The Hall–Kier alpha value is -1.18. The smallest absolute Gasteiger partial charge is 0.396 e. The third-order valence-corrected chi connectivity index (χ3v) is 1.88. The van der Waals surface area contributed by atoms with E-state index < -0.39 is 30.6 Å². The molecule has 0 aliphatic carbocycles. The SMILES string of the molecule is O=C1CCCC(=O)OC(O)(C(O)CO)O1. The molecule has 1 atom stereocenters. The zero-order valence-electron chi connectivity index (χ0n) is 7.88. The van der Waals surface area contributed by atoms with Crippen molar-refractivity contribution in [3.05, 3.63) is 0 Å². The summed E-state index contributed by atoms with van der Waals surface area (Å²) in [6, 6.07) is 0. The number of cyclic esters (lactones) is 2. The molecule has 0 spiro atoms. The lowest BCUT2D eigenvalue weighted by molar-refractivity contribution is -0.365. The molecule has 0 saturated carbocycles. The van der Waals surface area contributed by atoms with Crippen LogP contribution in [0.25, 0.3) is 0 Å². The molecule has 0 aromatic rings. The van der Waals surface area contributed by atoms with Crippen LogP contribution in [-0.4, -0.2) is 45.9 Å². The van der Waals surface area contributed by atoms with Gasteiger partial charge in [-0.15, -0.1) is 0 Å². The summed E-state index contributed by atoms with van der Waals surface area (Å²) in [5, 5.41) is 27.2. The van der Waals surface area contributed by atoms with Crippen LogP contribution in [0.2, 0.25) is 0 Å². The minimum atomic E-state index is -2.79. The Morgan fingerprint density at radius 1 is 1.27 bits per heavy atom. The van der Waals surface area contributed by atoms with E-state index >= 15 is 0 Å². The molecule has 0 bridgehead atoms. The molecule has 1 heterocycles. The molecule has 3 N–H and O–H groups in total. The van der Waals surface area contributed by atoms with Crippen LogP contribution in [-0.2, 0) is 19.1 Å². The summed E-state index contributed by atoms with van der Waals surface area (Å²) in [6.45, 7) is -0.906. The predicted molar refractivity (Wildman–Crippen MR) is 44.1 cm³/mol. The molecule has 1 rings (SSSR count). The van der Waals surface area contributed by atoms with E-state index in [1.807, 2.05) is 0 Å². The first kappa shape index (κ1) is 11.9. The van der Waals surface area contributed by atoms with Crippen LogP contribution >= 0.6 is 0 Å². The van der Waals surface area contributed by atoms with Crippen molar-refractivity contribution in [3.8, 4) is 0 Å². The number of esters is 2. The lowest BCUT2D eigenvalue weighted by Crippen LogP contribution is -2.52. The fourth-order valence-corrected chi connectivity index (χ4v) is 1.08. The highest BCUT2D eigenvalue weighted by Crippen LogP contribution is 2.20. The molecule has 0 amide bonds. The minimum absolute atomic E-state index is 0.0600. The van der Waals surface area contributed by atoms with Gasteiger partial charge >= 0.3 is 17.9 Å². The molecule has 86 valence electrons. The van der Waals surface area contributed by atoms with Gasteiger partial charge in [0.15, 0.2) is 6.10 Å². The zero-order chi connectivity index (χ0) is 11.5. The van der Waals surface area contributed by atoms with Crippen molar-refractivity contribution in [2.45, 2.75) is 31.3 Å². The van der Waals surface area contributed by atoms with Crippen molar-refractivity contribution in [1.29, 1.82) is 0 Å². The number of carbonyl (C=O) groups is 2. The highest BCUT2D eigenvalue weighted by atomic mass is 16.8. The first-order chi connectivity index (χ1) is 6.98. The van der Waals surface area contributed by atoms with Crippen LogP contribution in [0.3, 0.4) is 0 Å². The fraction of sp³-hybridized carbons (Fsp3) is 0.750. The van der Waals surface area contributed by atoms with Gasteiger partial charge < -0.3 is 24.8 Å². The number of rotatable bonds is 2. The molecule has 1 unspecified atom stereocenters. The zero-order valence-corrected chi connectivity index (χ0v) is 7.88.